The molecule has 1 aromatic rings. The molecule has 2 rings (SSSR count). The van der Waals surface area contributed by atoms with Crippen molar-refractivity contribution < 1.29 is 19.4 Å². The van der Waals surface area contributed by atoms with Gasteiger partial charge in [0.1, 0.15) is 12.2 Å². The molecule has 6 heteroatoms. The van der Waals surface area contributed by atoms with Crippen LogP contribution in [-0.4, -0.2) is 47.3 Å². The molecule has 1 heterocycles. The number of rotatable bonds is 5. The molecule has 1 saturated heterocycles. The zero-order valence-corrected chi connectivity index (χ0v) is 12.3. The highest BCUT2D eigenvalue weighted by Gasteiger charge is 2.42. The number of benzene rings is 1. The quantitative estimate of drug-likeness (QED) is 0.859. The molecule has 0 unspecified atom stereocenters. The Kier molecular flexibility index (Phi) is 4.47. The lowest BCUT2D eigenvalue weighted by Crippen LogP contribution is -2.65. The summed E-state index contributed by atoms with van der Waals surface area (Å²) in [7, 11) is 0. The van der Waals surface area contributed by atoms with Crippen molar-refractivity contribution in [2.75, 3.05) is 19.7 Å². The average molecular weight is 292 g/mol. The highest BCUT2D eigenvalue weighted by Crippen LogP contribution is 2.24. The minimum absolute atomic E-state index is 0.159. The molecule has 0 aliphatic carbocycles. The Bertz CT molecular complexity index is 538. The zero-order chi connectivity index (χ0) is 15.5. The first-order valence-corrected chi connectivity index (χ1v) is 6.82. The van der Waals surface area contributed by atoms with Gasteiger partial charge in [-0.1, -0.05) is 29.8 Å². The van der Waals surface area contributed by atoms with Crippen LogP contribution in [0.1, 0.15) is 18.1 Å². The van der Waals surface area contributed by atoms with E-state index in [0.717, 1.165) is 11.1 Å². The van der Waals surface area contributed by atoms with Crippen molar-refractivity contribution >= 4 is 12.0 Å². The third-order valence-corrected chi connectivity index (χ3v) is 3.41. The lowest BCUT2D eigenvalue weighted by Gasteiger charge is -2.46. The third-order valence-electron chi connectivity index (χ3n) is 3.41. The first kappa shape index (κ1) is 15.3. The van der Waals surface area contributed by atoms with E-state index in [9.17, 15) is 9.59 Å². The van der Waals surface area contributed by atoms with Crippen molar-refractivity contribution in [1.29, 1.82) is 0 Å². The summed E-state index contributed by atoms with van der Waals surface area (Å²) in [5.41, 5.74) is 1.65. The summed E-state index contributed by atoms with van der Waals surface area (Å²) < 4.78 is 5.26. The van der Waals surface area contributed by atoms with E-state index >= 15 is 0 Å². The predicted octanol–water partition coefficient (Wildman–Crippen LogP) is 1.38. The van der Waals surface area contributed by atoms with Crippen LogP contribution in [-0.2, 0) is 16.1 Å². The van der Waals surface area contributed by atoms with E-state index in [0.29, 0.717) is 19.6 Å². The first-order chi connectivity index (χ1) is 9.88. The number of urea groups is 1. The zero-order valence-electron chi connectivity index (χ0n) is 12.3. The average Bonchev–Trinajstić information content (AvgIpc) is 2.39. The molecule has 0 aromatic heterocycles. The Morgan fingerprint density at radius 1 is 1.43 bits per heavy atom. The number of hydrogen-bond acceptors (Lipinski definition) is 3. The van der Waals surface area contributed by atoms with Crippen LogP contribution >= 0.6 is 0 Å². The molecule has 21 heavy (non-hydrogen) atoms. The third kappa shape index (κ3) is 4.19. The highest BCUT2D eigenvalue weighted by atomic mass is 16.5. The number of carbonyl (C=O) groups is 2. The van der Waals surface area contributed by atoms with E-state index < -0.39 is 11.6 Å². The minimum atomic E-state index is -1.00. The number of hydrogen-bond donors (Lipinski definition) is 2. The van der Waals surface area contributed by atoms with Gasteiger partial charge in [0.25, 0.3) is 0 Å². The number of aliphatic carboxylic acids is 1. The summed E-state index contributed by atoms with van der Waals surface area (Å²) in [6.45, 7) is 4.76. The standard InChI is InChI=1S/C15H20N2O4/c1-11-4-3-5-12(6-11)7-16-14(20)17-9-15(2,10-17)21-8-13(18)19/h3-6H,7-10H2,1-2H3,(H,16,20)(H,18,19). The second-order valence-electron chi connectivity index (χ2n) is 5.64. The molecular weight excluding hydrogens is 272 g/mol. The topological polar surface area (TPSA) is 78.9 Å². The largest absolute Gasteiger partial charge is 0.480 e. The number of nitrogens with zero attached hydrogens (tertiary/aromatic N) is 1. The molecule has 2 amide bonds. The maximum Gasteiger partial charge on any atom is 0.329 e. The van der Waals surface area contributed by atoms with Gasteiger partial charge >= 0.3 is 12.0 Å². The Balaban J connectivity index is 1.75. The highest BCUT2D eigenvalue weighted by molar-refractivity contribution is 5.75. The lowest BCUT2D eigenvalue weighted by molar-refractivity contribution is -0.159. The predicted molar refractivity (Wildman–Crippen MR) is 77.0 cm³/mol. The summed E-state index contributed by atoms with van der Waals surface area (Å²) in [5, 5.41) is 11.4. The summed E-state index contributed by atoms with van der Waals surface area (Å²) in [6.07, 6.45) is 0. The maximum atomic E-state index is 12.0. The second-order valence-corrected chi connectivity index (χ2v) is 5.64. The van der Waals surface area contributed by atoms with Gasteiger partial charge in [0, 0.05) is 6.54 Å². The molecular formula is C15H20N2O4. The Hall–Kier alpha value is -2.08. The van der Waals surface area contributed by atoms with Crippen LogP contribution in [0.15, 0.2) is 24.3 Å². The van der Waals surface area contributed by atoms with Gasteiger partial charge in [-0.05, 0) is 19.4 Å². The molecule has 0 atom stereocenters. The van der Waals surface area contributed by atoms with Gasteiger partial charge in [-0.25, -0.2) is 9.59 Å². The number of carbonyl (C=O) groups excluding carboxylic acids is 1. The number of ether oxygens (including phenoxy) is 1. The number of carboxylic acids is 1. The van der Waals surface area contributed by atoms with E-state index in [4.69, 9.17) is 9.84 Å². The molecule has 0 radical (unpaired) electrons. The normalized spacial score (nSPS) is 16.2. The van der Waals surface area contributed by atoms with Gasteiger partial charge in [-0.2, -0.15) is 0 Å². The van der Waals surface area contributed by atoms with Gasteiger partial charge in [-0.3, -0.25) is 0 Å². The molecule has 0 spiro atoms. The monoisotopic (exact) mass is 292 g/mol. The fourth-order valence-electron chi connectivity index (χ4n) is 2.34. The van der Waals surface area contributed by atoms with E-state index in [1.807, 2.05) is 31.2 Å². The van der Waals surface area contributed by atoms with Crippen molar-refractivity contribution in [2.45, 2.75) is 26.0 Å². The molecule has 2 N–H and O–H groups in total. The second kappa shape index (κ2) is 6.13. The molecule has 1 aliphatic rings. The van der Waals surface area contributed by atoms with Crippen LogP contribution in [0.4, 0.5) is 4.79 Å². The molecule has 1 fully saturated rings. The van der Waals surface area contributed by atoms with Crippen LogP contribution in [0.5, 0.6) is 0 Å². The maximum absolute atomic E-state index is 12.0. The number of carboxylic acid groups (broad SMARTS) is 1. The summed E-state index contributed by atoms with van der Waals surface area (Å²) in [4.78, 5) is 24.0. The van der Waals surface area contributed by atoms with Crippen LogP contribution in [0.2, 0.25) is 0 Å². The Morgan fingerprint density at radius 3 is 2.76 bits per heavy atom. The molecule has 1 aromatic carbocycles. The number of nitrogens with one attached hydrogen (secondary N) is 1. The summed E-state index contributed by atoms with van der Waals surface area (Å²) >= 11 is 0. The van der Waals surface area contributed by atoms with Crippen LogP contribution in [0.25, 0.3) is 0 Å². The number of aryl methyl sites for hydroxylation is 1. The Labute approximate surface area is 123 Å². The molecule has 114 valence electrons. The summed E-state index contributed by atoms with van der Waals surface area (Å²) in [5.74, 6) is -1.00. The van der Waals surface area contributed by atoms with E-state index in [2.05, 4.69) is 5.32 Å². The molecule has 1 aliphatic heterocycles. The van der Waals surface area contributed by atoms with Gasteiger partial charge in [0.2, 0.25) is 0 Å². The van der Waals surface area contributed by atoms with Gasteiger partial charge in [0.05, 0.1) is 13.1 Å². The van der Waals surface area contributed by atoms with Crippen LogP contribution in [0.3, 0.4) is 0 Å². The SMILES string of the molecule is Cc1cccc(CNC(=O)N2CC(C)(OCC(=O)O)C2)c1. The van der Waals surface area contributed by atoms with Crippen molar-refractivity contribution in [2.24, 2.45) is 0 Å². The van der Waals surface area contributed by atoms with Gasteiger partial charge < -0.3 is 20.1 Å². The van der Waals surface area contributed by atoms with Crippen molar-refractivity contribution in [3.8, 4) is 0 Å². The van der Waals surface area contributed by atoms with Gasteiger partial charge in [-0.15, -0.1) is 0 Å². The first-order valence-electron chi connectivity index (χ1n) is 6.82. The minimum Gasteiger partial charge on any atom is -0.480 e. The molecule has 6 nitrogen and oxygen atoms in total. The van der Waals surface area contributed by atoms with Crippen LogP contribution < -0.4 is 5.32 Å². The van der Waals surface area contributed by atoms with Crippen molar-refractivity contribution in [3.63, 3.8) is 0 Å². The van der Waals surface area contributed by atoms with Crippen LogP contribution in [0, 0.1) is 6.92 Å². The van der Waals surface area contributed by atoms with E-state index in [1.165, 1.54) is 0 Å². The Morgan fingerprint density at radius 2 is 2.14 bits per heavy atom. The van der Waals surface area contributed by atoms with Gasteiger partial charge in [0.15, 0.2) is 0 Å². The smallest absolute Gasteiger partial charge is 0.329 e. The summed E-state index contributed by atoms with van der Waals surface area (Å²) in [6, 6.07) is 7.79. The van der Waals surface area contributed by atoms with E-state index in [-0.39, 0.29) is 12.6 Å². The number of likely N-dealkylation sites (tertiary alicyclic amines) is 1. The fraction of sp³-hybridized carbons (Fsp3) is 0.467. The van der Waals surface area contributed by atoms with E-state index in [1.54, 1.807) is 11.8 Å². The van der Waals surface area contributed by atoms with Crippen molar-refractivity contribution in [3.05, 3.63) is 35.4 Å². The van der Waals surface area contributed by atoms with Crippen molar-refractivity contribution in [1.82, 2.24) is 10.2 Å². The molecule has 0 saturated carbocycles. The number of amides is 2. The fourth-order valence-corrected chi connectivity index (χ4v) is 2.34. The lowest BCUT2D eigenvalue weighted by atomic mass is 9.97. The molecule has 0 bridgehead atoms.